The van der Waals surface area contributed by atoms with E-state index in [1.165, 1.54) is 0 Å². The van der Waals surface area contributed by atoms with Gasteiger partial charge in [0.05, 0.1) is 17.6 Å². The van der Waals surface area contributed by atoms with Gasteiger partial charge in [-0.15, -0.1) is 10.2 Å². The molecule has 0 spiro atoms. The van der Waals surface area contributed by atoms with E-state index in [0.29, 0.717) is 17.5 Å². The predicted octanol–water partition coefficient (Wildman–Crippen LogP) is 2.94. The summed E-state index contributed by atoms with van der Waals surface area (Å²) in [7, 11) is 1.94. The van der Waals surface area contributed by atoms with Crippen LogP contribution in [-0.2, 0) is 12.8 Å². The minimum absolute atomic E-state index is 0.483. The van der Waals surface area contributed by atoms with E-state index in [-0.39, 0.29) is 0 Å². The fourth-order valence-electron chi connectivity index (χ4n) is 2.24. The Balaban J connectivity index is 1.49. The molecule has 0 unspecified atom stereocenters. The summed E-state index contributed by atoms with van der Waals surface area (Å²) in [5.74, 6) is 4.20. The third-order valence-electron chi connectivity index (χ3n) is 3.68. The van der Waals surface area contributed by atoms with Gasteiger partial charge in [-0.1, -0.05) is 16.9 Å². The zero-order chi connectivity index (χ0) is 15.1. The van der Waals surface area contributed by atoms with Crippen LogP contribution in [0.3, 0.4) is 0 Å². The quantitative estimate of drug-likeness (QED) is 0.669. The van der Waals surface area contributed by atoms with Crippen LogP contribution in [-0.4, -0.2) is 24.9 Å². The molecule has 0 aromatic carbocycles. The summed E-state index contributed by atoms with van der Waals surface area (Å²) in [6.45, 7) is 1.91. The van der Waals surface area contributed by atoms with E-state index in [2.05, 4.69) is 20.3 Å². The van der Waals surface area contributed by atoms with E-state index in [9.17, 15) is 0 Å². The molecule has 4 rings (SSSR count). The molecule has 1 fully saturated rings. The predicted molar refractivity (Wildman–Crippen MR) is 79.3 cm³/mol. The number of hydrogen-bond donors (Lipinski definition) is 0. The summed E-state index contributed by atoms with van der Waals surface area (Å²) in [6.07, 6.45) is 3.97. The van der Waals surface area contributed by atoms with Gasteiger partial charge in [-0.2, -0.15) is 4.98 Å². The minimum atomic E-state index is 0.483. The molecule has 114 valence electrons. The molecule has 7 nitrogen and oxygen atoms in total. The van der Waals surface area contributed by atoms with Crippen molar-refractivity contribution in [3.63, 3.8) is 0 Å². The van der Waals surface area contributed by atoms with Crippen molar-refractivity contribution in [3.05, 3.63) is 29.8 Å². The topological polar surface area (TPSA) is 82.8 Å². The monoisotopic (exact) mass is 317 g/mol. The van der Waals surface area contributed by atoms with Gasteiger partial charge in [0, 0.05) is 13.0 Å². The molecule has 0 aliphatic heterocycles. The van der Waals surface area contributed by atoms with Gasteiger partial charge in [-0.3, -0.25) is 0 Å². The number of aryl methyl sites for hydroxylation is 1. The number of nitrogens with zero attached hydrogens (tertiary/aromatic N) is 5. The van der Waals surface area contributed by atoms with E-state index in [1.807, 2.05) is 24.6 Å². The van der Waals surface area contributed by atoms with Crippen LogP contribution in [0.4, 0.5) is 0 Å². The van der Waals surface area contributed by atoms with Crippen LogP contribution in [0, 0.1) is 6.92 Å². The molecule has 8 heteroatoms. The lowest BCUT2D eigenvalue weighted by Crippen LogP contribution is -1.95. The molecule has 22 heavy (non-hydrogen) atoms. The van der Waals surface area contributed by atoms with Crippen molar-refractivity contribution >= 4 is 11.8 Å². The summed E-state index contributed by atoms with van der Waals surface area (Å²) in [6, 6.07) is 1.90. The first-order chi connectivity index (χ1) is 10.7. The van der Waals surface area contributed by atoms with Gasteiger partial charge < -0.3 is 13.5 Å². The Labute approximate surface area is 131 Å². The van der Waals surface area contributed by atoms with Crippen LogP contribution in [0.25, 0.3) is 11.4 Å². The highest BCUT2D eigenvalue weighted by molar-refractivity contribution is 7.98. The Kier molecular flexibility index (Phi) is 3.25. The molecule has 3 aromatic heterocycles. The average molecular weight is 317 g/mol. The molecule has 3 aromatic rings. The average Bonchev–Trinajstić information content (AvgIpc) is 2.93. The van der Waals surface area contributed by atoms with Crippen molar-refractivity contribution in [2.45, 2.75) is 36.6 Å². The highest BCUT2D eigenvalue weighted by Crippen LogP contribution is 2.39. The summed E-state index contributed by atoms with van der Waals surface area (Å²) in [5.41, 5.74) is 0.956. The van der Waals surface area contributed by atoms with Crippen LogP contribution in [0.1, 0.15) is 36.2 Å². The Hall–Kier alpha value is -2.09. The van der Waals surface area contributed by atoms with Crippen LogP contribution < -0.4 is 0 Å². The van der Waals surface area contributed by atoms with Crippen molar-refractivity contribution in [1.82, 2.24) is 24.9 Å². The second kappa shape index (κ2) is 5.28. The van der Waals surface area contributed by atoms with Gasteiger partial charge in [0.15, 0.2) is 16.8 Å². The summed E-state index contributed by atoms with van der Waals surface area (Å²) in [4.78, 5) is 4.42. The van der Waals surface area contributed by atoms with Crippen molar-refractivity contribution in [3.8, 4) is 11.4 Å². The van der Waals surface area contributed by atoms with Gasteiger partial charge >= 0.3 is 0 Å². The Morgan fingerprint density at radius 1 is 1.36 bits per heavy atom. The van der Waals surface area contributed by atoms with E-state index in [1.54, 1.807) is 18.0 Å². The number of furan rings is 1. The largest absolute Gasteiger partial charge is 0.469 e. The number of hydrogen-bond acceptors (Lipinski definition) is 7. The first-order valence-corrected chi connectivity index (χ1v) is 8.10. The normalized spacial score (nSPS) is 14.6. The fourth-order valence-corrected chi connectivity index (χ4v) is 3.00. The van der Waals surface area contributed by atoms with E-state index < -0.39 is 0 Å². The maximum atomic E-state index is 5.32. The van der Waals surface area contributed by atoms with E-state index in [4.69, 9.17) is 8.94 Å². The Morgan fingerprint density at radius 3 is 2.95 bits per heavy atom. The maximum Gasteiger partial charge on any atom is 0.229 e. The minimum Gasteiger partial charge on any atom is -0.469 e. The van der Waals surface area contributed by atoms with Crippen molar-refractivity contribution in [2.24, 2.45) is 7.05 Å². The molecule has 0 atom stereocenters. The molecule has 0 radical (unpaired) electrons. The van der Waals surface area contributed by atoms with Crippen LogP contribution in [0.2, 0.25) is 0 Å². The number of aromatic nitrogens is 5. The number of rotatable bonds is 5. The van der Waals surface area contributed by atoms with Crippen molar-refractivity contribution in [1.29, 1.82) is 0 Å². The molecule has 1 saturated carbocycles. The molecule has 0 N–H and O–H groups in total. The molecule has 3 heterocycles. The smallest absolute Gasteiger partial charge is 0.229 e. The molecule has 1 aliphatic rings. The first kappa shape index (κ1) is 13.6. The summed E-state index contributed by atoms with van der Waals surface area (Å²) < 4.78 is 12.5. The van der Waals surface area contributed by atoms with Gasteiger partial charge in [0.25, 0.3) is 0 Å². The molecule has 0 bridgehead atoms. The van der Waals surface area contributed by atoms with Crippen molar-refractivity contribution < 1.29 is 8.94 Å². The fraction of sp³-hybridized carbons (Fsp3) is 0.429. The first-order valence-electron chi connectivity index (χ1n) is 7.11. The zero-order valence-corrected chi connectivity index (χ0v) is 13.1. The van der Waals surface area contributed by atoms with Gasteiger partial charge in [-0.25, -0.2) is 0 Å². The van der Waals surface area contributed by atoms with Gasteiger partial charge in [0.1, 0.15) is 5.76 Å². The van der Waals surface area contributed by atoms with E-state index in [0.717, 1.165) is 41.0 Å². The second-order valence-electron chi connectivity index (χ2n) is 5.37. The maximum absolute atomic E-state index is 5.32. The lowest BCUT2D eigenvalue weighted by Gasteiger charge is -2.01. The highest BCUT2D eigenvalue weighted by Gasteiger charge is 2.29. The lowest BCUT2D eigenvalue weighted by molar-refractivity contribution is 0.375. The third-order valence-corrected chi connectivity index (χ3v) is 4.69. The lowest BCUT2D eigenvalue weighted by atomic mass is 10.2. The zero-order valence-electron chi connectivity index (χ0n) is 12.3. The highest BCUT2D eigenvalue weighted by atomic mass is 32.2. The van der Waals surface area contributed by atoms with Crippen molar-refractivity contribution in [2.75, 3.05) is 0 Å². The van der Waals surface area contributed by atoms with Crippen LogP contribution >= 0.6 is 11.8 Å². The molecule has 1 aliphatic carbocycles. The molecular formula is C14H15N5O2S. The van der Waals surface area contributed by atoms with Crippen LogP contribution in [0.5, 0.6) is 0 Å². The Bertz CT molecular complexity index is 802. The molecular weight excluding hydrogens is 302 g/mol. The molecule has 0 amide bonds. The summed E-state index contributed by atoms with van der Waals surface area (Å²) >= 11 is 1.54. The van der Waals surface area contributed by atoms with E-state index >= 15 is 0 Å². The van der Waals surface area contributed by atoms with Gasteiger partial charge in [-0.05, 0) is 25.8 Å². The third kappa shape index (κ3) is 2.43. The summed E-state index contributed by atoms with van der Waals surface area (Å²) in [5, 5.41) is 13.3. The number of thioether (sulfide) groups is 1. The molecule has 0 saturated heterocycles. The standard InChI is InChI=1S/C14H15N5O2S/c1-8-10(5-6-20-8)12-16-17-14(19(12)2)22-7-11-15-13(21-18-11)9-3-4-9/h5-6,9H,3-4,7H2,1-2H3. The van der Waals surface area contributed by atoms with Crippen LogP contribution in [0.15, 0.2) is 26.4 Å². The SMILES string of the molecule is Cc1occc1-c1nnc(SCc2noc(C3CC3)n2)n1C. The second-order valence-corrected chi connectivity index (χ2v) is 6.31. The Morgan fingerprint density at radius 2 is 2.23 bits per heavy atom. The van der Waals surface area contributed by atoms with Gasteiger partial charge in [0.2, 0.25) is 5.89 Å².